The van der Waals surface area contributed by atoms with Crippen LogP contribution in [0.15, 0.2) is 60.7 Å². The van der Waals surface area contributed by atoms with Crippen molar-refractivity contribution in [3.8, 4) is 11.5 Å². The van der Waals surface area contributed by atoms with Crippen LogP contribution in [0.5, 0.6) is 11.5 Å². The van der Waals surface area contributed by atoms with Crippen molar-refractivity contribution in [1.29, 1.82) is 0 Å². The molecule has 4 bridgehead atoms. The molecule has 0 aliphatic heterocycles. The van der Waals surface area contributed by atoms with Crippen molar-refractivity contribution < 1.29 is 9.47 Å². The molecule has 0 N–H and O–H groups in total. The molecule has 2 nitrogen and oxygen atoms in total. The van der Waals surface area contributed by atoms with Crippen LogP contribution in [0.3, 0.4) is 0 Å². The highest BCUT2D eigenvalue weighted by Crippen LogP contribution is 2.59. The van der Waals surface area contributed by atoms with Gasteiger partial charge in [-0.3, -0.25) is 0 Å². The average Bonchev–Trinajstić information content (AvgIpc) is 2.54. The molecule has 4 saturated carbocycles. The van der Waals surface area contributed by atoms with Gasteiger partial charge >= 0.3 is 0 Å². The van der Waals surface area contributed by atoms with Crippen molar-refractivity contribution in [2.24, 2.45) is 11.8 Å². The van der Waals surface area contributed by atoms with Gasteiger partial charge in [0.15, 0.2) is 0 Å². The molecule has 2 aromatic rings. The van der Waals surface area contributed by atoms with Crippen molar-refractivity contribution in [1.82, 2.24) is 0 Å². The third-order valence-corrected chi connectivity index (χ3v) is 6.11. The first-order valence-electron chi connectivity index (χ1n) is 9.21. The Kier molecular flexibility index (Phi) is 3.16. The van der Waals surface area contributed by atoms with Crippen LogP contribution in [0.25, 0.3) is 0 Å². The number of benzene rings is 2. The maximum Gasteiger partial charge on any atom is 0.120 e. The fraction of sp³-hybridized carbons (Fsp3) is 0.455. The molecule has 4 aliphatic carbocycles. The Morgan fingerprint density at radius 3 is 1.46 bits per heavy atom. The molecule has 0 spiro atoms. The van der Waals surface area contributed by atoms with Crippen LogP contribution in [0.4, 0.5) is 0 Å². The first-order valence-corrected chi connectivity index (χ1v) is 9.21. The van der Waals surface area contributed by atoms with E-state index in [1.54, 1.807) is 0 Å². The second kappa shape index (κ2) is 5.27. The van der Waals surface area contributed by atoms with Gasteiger partial charge in [0.2, 0.25) is 0 Å². The van der Waals surface area contributed by atoms with Gasteiger partial charge in [-0.1, -0.05) is 36.4 Å². The molecule has 0 aromatic heterocycles. The Hall–Kier alpha value is -1.96. The van der Waals surface area contributed by atoms with Crippen LogP contribution in [-0.4, -0.2) is 11.2 Å². The Morgan fingerprint density at radius 1 is 0.625 bits per heavy atom. The summed E-state index contributed by atoms with van der Waals surface area (Å²) in [6, 6.07) is 20.7. The third kappa shape index (κ3) is 2.49. The molecule has 0 saturated heterocycles. The van der Waals surface area contributed by atoms with Crippen LogP contribution in [0.2, 0.25) is 0 Å². The Bertz CT molecular complexity index is 636. The van der Waals surface area contributed by atoms with E-state index in [1.165, 1.54) is 32.1 Å². The zero-order chi connectivity index (χ0) is 16.0. The lowest BCUT2D eigenvalue weighted by atomic mass is 9.52. The van der Waals surface area contributed by atoms with Crippen LogP contribution in [0.1, 0.15) is 38.5 Å². The zero-order valence-electron chi connectivity index (χ0n) is 14.0. The Labute approximate surface area is 143 Å². The van der Waals surface area contributed by atoms with Crippen LogP contribution < -0.4 is 9.47 Å². The van der Waals surface area contributed by atoms with E-state index >= 15 is 0 Å². The number of ether oxygens (including phenoxy) is 2. The lowest BCUT2D eigenvalue weighted by molar-refractivity contribution is -0.177. The summed E-state index contributed by atoms with van der Waals surface area (Å²) < 4.78 is 13.2. The molecule has 2 aromatic carbocycles. The summed E-state index contributed by atoms with van der Waals surface area (Å²) in [7, 11) is 0. The predicted octanol–water partition coefficient (Wildman–Crippen LogP) is 5.24. The van der Waals surface area contributed by atoms with Gasteiger partial charge in [0.05, 0.1) is 0 Å². The molecule has 2 heteroatoms. The molecule has 0 atom stereocenters. The van der Waals surface area contributed by atoms with Gasteiger partial charge < -0.3 is 9.47 Å². The lowest BCUT2D eigenvalue weighted by Crippen LogP contribution is -2.63. The minimum Gasteiger partial charge on any atom is -0.487 e. The summed E-state index contributed by atoms with van der Waals surface area (Å²) in [5, 5.41) is 0. The second-order valence-electron chi connectivity index (χ2n) is 8.16. The van der Waals surface area contributed by atoms with E-state index in [2.05, 4.69) is 48.5 Å². The minimum atomic E-state index is -0.0276. The van der Waals surface area contributed by atoms with Gasteiger partial charge in [0, 0.05) is 6.42 Å². The van der Waals surface area contributed by atoms with Gasteiger partial charge in [0.1, 0.15) is 22.7 Å². The maximum atomic E-state index is 6.60. The monoisotopic (exact) mass is 320 g/mol. The molecule has 24 heavy (non-hydrogen) atoms. The average molecular weight is 320 g/mol. The normalized spacial score (nSPS) is 36.5. The Balaban J connectivity index is 1.44. The SMILES string of the molecule is c1ccc(OC23CC4CC(C2)CC(Oc2ccccc2)(C4)C3)cc1. The maximum absolute atomic E-state index is 6.60. The van der Waals surface area contributed by atoms with E-state index in [4.69, 9.17) is 9.47 Å². The van der Waals surface area contributed by atoms with Crippen molar-refractivity contribution in [3.05, 3.63) is 60.7 Å². The standard InChI is InChI=1S/C22H24O2/c1-3-7-19(8-4-1)23-21-12-17-11-18(13-21)15-22(14-17,16-21)24-20-9-5-2-6-10-20/h1-10,17-18H,11-16H2. The van der Waals surface area contributed by atoms with E-state index in [9.17, 15) is 0 Å². The van der Waals surface area contributed by atoms with Crippen LogP contribution in [-0.2, 0) is 0 Å². The quantitative estimate of drug-likeness (QED) is 0.767. The molecule has 6 rings (SSSR count). The summed E-state index contributed by atoms with van der Waals surface area (Å²) >= 11 is 0. The molecule has 0 unspecified atom stereocenters. The van der Waals surface area contributed by atoms with Crippen molar-refractivity contribution in [2.75, 3.05) is 0 Å². The van der Waals surface area contributed by atoms with Gasteiger partial charge in [-0.15, -0.1) is 0 Å². The molecule has 0 amide bonds. The summed E-state index contributed by atoms with van der Waals surface area (Å²) in [5.74, 6) is 3.51. The predicted molar refractivity (Wildman–Crippen MR) is 94.3 cm³/mol. The first kappa shape index (κ1) is 14.4. The molecular formula is C22H24O2. The number of hydrogen-bond donors (Lipinski definition) is 0. The smallest absolute Gasteiger partial charge is 0.120 e. The second-order valence-corrected chi connectivity index (χ2v) is 8.16. The highest BCUT2D eigenvalue weighted by Gasteiger charge is 2.60. The summed E-state index contributed by atoms with van der Waals surface area (Å²) in [5.41, 5.74) is -0.0551. The minimum absolute atomic E-state index is 0.0276. The van der Waals surface area contributed by atoms with Crippen molar-refractivity contribution in [3.63, 3.8) is 0 Å². The van der Waals surface area contributed by atoms with Gasteiger partial charge in [0.25, 0.3) is 0 Å². The number of para-hydroxylation sites is 2. The topological polar surface area (TPSA) is 18.5 Å². The molecule has 0 heterocycles. The first-order chi connectivity index (χ1) is 11.7. The highest BCUT2D eigenvalue weighted by molar-refractivity contribution is 5.26. The summed E-state index contributed by atoms with van der Waals surface area (Å²) in [6.45, 7) is 0. The fourth-order valence-corrected chi connectivity index (χ4v) is 5.81. The molecule has 4 fully saturated rings. The third-order valence-electron chi connectivity index (χ3n) is 6.11. The molecular weight excluding hydrogens is 296 g/mol. The van der Waals surface area contributed by atoms with E-state index in [1.807, 2.05) is 12.1 Å². The van der Waals surface area contributed by atoms with Crippen LogP contribution >= 0.6 is 0 Å². The van der Waals surface area contributed by atoms with E-state index in [-0.39, 0.29) is 11.2 Å². The Morgan fingerprint density at radius 2 is 1.04 bits per heavy atom. The van der Waals surface area contributed by atoms with E-state index in [0.717, 1.165) is 29.8 Å². The lowest BCUT2D eigenvalue weighted by Gasteiger charge is -2.60. The largest absolute Gasteiger partial charge is 0.487 e. The molecule has 4 aliphatic rings. The van der Waals surface area contributed by atoms with Crippen molar-refractivity contribution >= 4 is 0 Å². The van der Waals surface area contributed by atoms with Crippen LogP contribution in [0, 0.1) is 11.8 Å². The van der Waals surface area contributed by atoms with Gasteiger partial charge in [-0.05, 0) is 68.2 Å². The summed E-state index contributed by atoms with van der Waals surface area (Å²) in [4.78, 5) is 0. The molecule has 124 valence electrons. The van der Waals surface area contributed by atoms with Gasteiger partial charge in [-0.2, -0.15) is 0 Å². The highest BCUT2D eigenvalue weighted by atomic mass is 16.5. The van der Waals surface area contributed by atoms with E-state index in [0.29, 0.717) is 0 Å². The van der Waals surface area contributed by atoms with Gasteiger partial charge in [-0.25, -0.2) is 0 Å². The fourth-order valence-electron chi connectivity index (χ4n) is 5.81. The summed E-state index contributed by atoms with van der Waals surface area (Å²) in [6.07, 6.45) is 7.16. The zero-order valence-corrected chi connectivity index (χ0v) is 14.0. The molecule has 0 radical (unpaired) electrons. The van der Waals surface area contributed by atoms with E-state index < -0.39 is 0 Å². The van der Waals surface area contributed by atoms with Crippen molar-refractivity contribution in [2.45, 2.75) is 49.7 Å². The number of hydrogen-bond acceptors (Lipinski definition) is 2. The number of rotatable bonds is 4.